The third kappa shape index (κ3) is 33.1. The number of carbonyl (C=O) groups excluding carboxylic acids is 6. The van der Waals surface area contributed by atoms with Crippen molar-refractivity contribution in [1.82, 2.24) is 0 Å². The van der Waals surface area contributed by atoms with Gasteiger partial charge in [0.2, 0.25) is 0 Å². The Morgan fingerprint density at radius 3 is 1.39 bits per heavy atom. The molecule has 0 bridgehead atoms. The van der Waals surface area contributed by atoms with Crippen LogP contribution in [0.3, 0.4) is 0 Å². The fourth-order valence-electron chi connectivity index (χ4n) is 2.51. The van der Waals surface area contributed by atoms with Gasteiger partial charge in [0.1, 0.15) is 28.9 Å². The van der Waals surface area contributed by atoms with E-state index in [1.165, 1.54) is 11.8 Å². The average Bonchev–Trinajstić information content (AvgIpc) is 3.83. The van der Waals surface area contributed by atoms with E-state index >= 15 is 0 Å². The van der Waals surface area contributed by atoms with Gasteiger partial charge in [-0.3, -0.25) is 24.0 Å². The topological polar surface area (TPSA) is 127 Å². The number of rotatable bonds is 6. The molecular weight excluding hydrogens is 909 g/mol. The molecule has 0 aromatic heterocycles. The maximum absolute atomic E-state index is 10.3. The monoisotopic (exact) mass is 952 g/mol. The van der Waals surface area contributed by atoms with Crippen LogP contribution in [0.15, 0.2) is 5.77 Å². The van der Waals surface area contributed by atoms with Gasteiger partial charge in [0.05, 0.1) is 28.8 Å². The number of ketones is 5. The summed E-state index contributed by atoms with van der Waals surface area (Å²) in [7, 11) is -0.376. The molecule has 0 aromatic rings. The molecule has 5 fully saturated rings. The Kier molecular flexibility index (Phi) is 30.3. The molecule has 8 nitrogen and oxygen atoms in total. The zero-order chi connectivity index (χ0) is 32.8. The van der Waals surface area contributed by atoms with Crippen LogP contribution >= 0.6 is 79.4 Å². The predicted octanol–water partition coefficient (Wildman–Crippen LogP) is 4.40. The van der Waals surface area contributed by atoms with Crippen LogP contribution in [0, 0.1) is 0 Å². The van der Waals surface area contributed by atoms with Crippen molar-refractivity contribution in [3.8, 4) is 0 Å². The number of hydrogen-bond acceptors (Lipinski definition) is 14. The summed E-state index contributed by atoms with van der Waals surface area (Å²) in [5, 5.41) is 0. The first-order valence-corrected chi connectivity index (χ1v) is 26.7. The quantitative estimate of drug-likeness (QED) is 0.176. The van der Waals surface area contributed by atoms with Gasteiger partial charge in [-0.2, -0.15) is 58.8 Å². The van der Waals surface area contributed by atoms with Crippen molar-refractivity contribution >= 4 is 115 Å². The zero-order valence-corrected chi connectivity index (χ0v) is 34.4. The first-order valence-electron chi connectivity index (χ1n) is 14.2. The molecule has 5 aliphatic rings. The van der Waals surface area contributed by atoms with Gasteiger partial charge in [0, 0.05) is 60.9 Å². The molecule has 0 aromatic carbocycles. The Balaban J connectivity index is 0.000000526. The summed E-state index contributed by atoms with van der Waals surface area (Å²) in [5.41, 5.74) is 0. The summed E-state index contributed by atoms with van der Waals surface area (Å²) in [4.78, 5) is 61.4. The molecule has 232 valence electrons. The van der Waals surface area contributed by atoms with Crippen LogP contribution in [0.1, 0.15) is 33.5 Å². The first-order chi connectivity index (χ1) is 21.1. The van der Waals surface area contributed by atoms with Crippen molar-refractivity contribution in [2.45, 2.75) is 32.1 Å². The number of hydrogen-bond donors (Lipinski definition) is 1. The molecule has 41 heavy (non-hydrogen) atoms. The van der Waals surface area contributed by atoms with Gasteiger partial charge in [-0.1, -0.05) is 0 Å². The number of aldehydes is 1. The van der Waals surface area contributed by atoms with Gasteiger partial charge < -0.3 is 0 Å². The molecule has 0 spiro atoms. The molecule has 1 atom stereocenters. The summed E-state index contributed by atoms with van der Waals surface area (Å²) in [6.45, 7) is 0. The van der Waals surface area contributed by atoms with Crippen LogP contribution in [-0.4, -0.2) is 111 Å². The van der Waals surface area contributed by atoms with Crippen molar-refractivity contribution in [3.05, 3.63) is 0 Å². The summed E-state index contributed by atoms with van der Waals surface area (Å²) < 4.78 is 28.8. The minimum atomic E-state index is -1.44. The fourth-order valence-corrected chi connectivity index (χ4v) is 14.3. The van der Waals surface area contributed by atoms with Gasteiger partial charge in [-0.25, -0.2) is 0 Å². The molecule has 5 aliphatic heterocycles. The van der Waals surface area contributed by atoms with E-state index in [2.05, 4.69) is 5.77 Å². The molecule has 0 aliphatic carbocycles. The number of Topliss-reactive ketones (excluding diaryl/α,β-unsaturated/α-hetero) is 5. The predicted molar refractivity (Wildman–Crippen MR) is 178 cm³/mol. The van der Waals surface area contributed by atoms with Crippen LogP contribution in [0.2, 0.25) is 0 Å². The molecule has 5 saturated heterocycles. The Labute approximate surface area is 302 Å². The Bertz CT molecular complexity index is 871. The van der Waals surface area contributed by atoms with E-state index in [-0.39, 0.29) is 14.6 Å². The number of thioether (sulfide) groups is 6. The molecule has 0 saturated carbocycles. The molecule has 5 heterocycles. The molecule has 0 amide bonds. The summed E-state index contributed by atoms with van der Waals surface area (Å²) >= 11 is 7.60. The second-order valence-electron chi connectivity index (χ2n) is 8.00. The molecule has 0 N–H and O–H groups in total. The Morgan fingerprint density at radius 2 is 1.17 bits per heavy atom. The van der Waals surface area contributed by atoms with Crippen molar-refractivity contribution in [1.29, 1.82) is 1.22 Å². The first kappa shape index (κ1) is 37.3. The van der Waals surface area contributed by atoms with Gasteiger partial charge >= 0.3 is 104 Å². The van der Waals surface area contributed by atoms with E-state index in [1.54, 1.807) is 58.8 Å². The van der Waals surface area contributed by atoms with Crippen LogP contribution in [0.5, 0.6) is 0 Å². The van der Waals surface area contributed by atoms with E-state index < -0.39 is 53.4 Å². The zero-order valence-electron chi connectivity index (χ0n) is 25.9. The summed E-state index contributed by atoms with van der Waals surface area (Å²) in [6.07, 6.45) is 3.50. The second kappa shape index (κ2) is 33.2. The van der Waals surface area contributed by atoms with Crippen LogP contribution < -0.4 is 0 Å². The van der Waals surface area contributed by atoms with Gasteiger partial charge in [0.15, 0.2) is 0 Å². The maximum atomic E-state index is 10.3. The summed E-state index contributed by atoms with van der Waals surface area (Å²) in [5.74, 6) is 12.9. The van der Waals surface area contributed by atoms with Crippen molar-refractivity contribution in [2.24, 2.45) is 5.77 Å². The minimum absolute atomic E-state index is 0.228. The van der Waals surface area contributed by atoms with Crippen LogP contribution in [-0.2, 0) is 75.9 Å². The third-order valence-electron chi connectivity index (χ3n) is 4.55. The van der Waals surface area contributed by atoms with E-state index in [1.807, 2.05) is 0 Å². The number of nitrogens with zero attached hydrogens (tertiary/aromatic N) is 2. The Hall–Kier alpha value is 1.86. The van der Waals surface area contributed by atoms with Crippen LogP contribution in [0.25, 0.3) is 0 Å². The third-order valence-corrected chi connectivity index (χ3v) is 17.1. The fraction of sp³-hybridized carbons (Fsp3) is 0.750. The van der Waals surface area contributed by atoms with E-state index in [0.717, 1.165) is 101 Å². The van der Waals surface area contributed by atoms with Crippen molar-refractivity contribution < 1.29 is 77.2 Å². The molecular formula is C24H39N2O6S7WY. The van der Waals surface area contributed by atoms with Gasteiger partial charge in [-0.15, -0.1) is 0 Å². The number of carbonyl (C=O) groups is 6. The second-order valence-corrected chi connectivity index (χ2v) is 20.7. The molecule has 17 heteroatoms. The van der Waals surface area contributed by atoms with E-state index in [4.69, 9.17) is 2.60 Å². The SMILES string of the molecule is O=C1CCSC1.O=C1CCSC1.O=C1CCSC1.O=C1CCSC1.O=C1CCSC1.[2H][Y]=[N][N]=[W]=[S]([3H])CCSCC([2H])=O. The van der Waals surface area contributed by atoms with Crippen molar-refractivity contribution in [2.75, 3.05) is 74.8 Å². The molecule has 5 rings (SSSR count). The Morgan fingerprint density at radius 1 is 0.805 bits per heavy atom. The van der Waals surface area contributed by atoms with Crippen molar-refractivity contribution in [3.63, 3.8) is 0 Å². The van der Waals surface area contributed by atoms with Gasteiger partial charge in [-0.05, 0) is 0 Å². The summed E-state index contributed by atoms with van der Waals surface area (Å²) in [6, 6.07) is 0. The van der Waals surface area contributed by atoms with E-state index in [9.17, 15) is 28.8 Å². The van der Waals surface area contributed by atoms with E-state index in [0.29, 0.717) is 28.9 Å². The average molecular weight is 953 g/mol. The standard InChI is InChI=1S/C4H8OS2.5C4H6OS.N2.W.Y.H/c5-1-3-7-4-2-6;5*5-4-1-2-6-3-4;1-2;;;/h1,6H,2-4H2;5*1-3H2;;;;/i1D;;;;;;;;;1+1/hT. The number of thiol groups is 1. The van der Waals surface area contributed by atoms with Gasteiger partial charge in [0.25, 0.3) is 0 Å². The normalized spacial score (nSPS) is 20.6. The molecule has 0 radical (unpaired) electrons. The molecule has 1 unspecified atom stereocenters. The van der Waals surface area contributed by atoms with Crippen LogP contribution in [0.4, 0.5) is 0 Å².